The number of carbonyl (C=O) groups is 2. The van der Waals surface area contributed by atoms with Crippen molar-refractivity contribution in [1.82, 2.24) is 4.57 Å². The number of benzene rings is 2. The summed E-state index contributed by atoms with van der Waals surface area (Å²) in [4.78, 5) is 24.3. The highest BCUT2D eigenvalue weighted by Gasteiger charge is 2.35. The van der Waals surface area contributed by atoms with E-state index in [9.17, 15) is 14.7 Å². The highest BCUT2D eigenvalue weighted by Crippen LogP contribution is 2.44. The Morgan fingerprint density at radius 1 is 1.10 bits per heavy atom. The summed E-state index contributed by atoms with van der Waals surface area (Å²) in [5.74, 6) is -0.344. The van der Waals surface area contributed by atoms with Gasteiger partial charge in [0.15, 0.2) is 0 Å². The number of para-hydroxylation sites is 1. The van der Waals surface area contributed by atoms with Crippen LogP contribution in [0, 0.1) is 0 Å². The number of anilines is 1. The van der Waals surface area contributed by atoms with Crippen LogP contribution >= 0.6 is 0 Å². The maximum absolute atomic E-state index is 12.4. The zero-order valence-electron chi connectivity index (χ0n) is 16.0. The molecule has 1 atom stereocenters. The number of methoxy groups -OCH3 is 2. The van der Waals surface area contributed by atoms with Gasteiger partial charge in [0.1, 0.15) is 17.1 Å². The Hall–Kier alpha value is -3.74. The van der Waals surface area contributed by atoms with Crippen LogP contribution in [-0.2, 0) is 4.79 Å². The van der Waals surface area contributed by atoms with E-state index in [4.69, 9.17) is 9.47 Å². The maximum Gasteiger partial charge on any atom is 0.339 e. The minimum atomic E-state index is -1.10. The van der Waals surface area contributed by atoms with Crippen molar-refractivity contribution in [2.75, 3.05) is 19.5 Å². The molecule has 2 N–H and O–H groups in total. The number of hydrogen-bond donors (Lipinski definition) is 2. The Morgan fingerprint density at radius 2 is 1.83 bits per heavy atom. The fourth-order valence-corrected chi connectivity index (χ4v) is 3.80. The monoisotopic (exact) mass is 392 g/mol. The van der Waals surface area contributed by atoms with Crippen molar-refractivity contribution in [1.29, 1.82) is 0 Å². The molecule has 0 spiro atoms. The van der Waals surface area contributed by atoms with Crippen molar-refractivity contribution >= 4 is 17.6 Å². The summed E-state index contributed by atoms with van der Waals surface area (Å²) in [6.07, 6.45) is 1.73. The summed E-state index contributed by atoms with van der Waals surface area (Å²) in [6, 6.07) is 14.8. The number of aromatic carboxylic acids is 1. The Morgan fingerprint density at radius 3 is 2.48 bits per heavy atom. The minimum Gasteiger partial charge on any atom is -0.497 e. The van der Waals surface area contributed by atoms with Crippen LogP contribution in [-0.4, -0.2) is 35.8 Å². The van der Waals surface area contributed by atoms with Gasteiger partial charge in [-0.1, -0.05) is 18.2 Å². The van der Waals surface area contributed by atoms with Crippen molar-refractivity contribution in [2.45, 2.75) is 12.3 Å². The molecule has 29 heavy (non-hydrogen) atoms. The molecule has 148 valence electrons. The maximum atomic E-state index is 12.4. The molecule has 1 aliphatic rings. The largest absolute Gasteiger partial charge is 0.497 e. The van der Waals surface area contributed by atoms with Crippen LogP contribution in [0.3, 0.4) is 0 Å². The second-order valence-corrected chi connectivity index (χ2v) is 6.72. The molecule has 3 aromatic rings. The van der Waals surface area contributed by atoms with Gasteiger partial charge in [-0.05, 0) is 30.3 Å². The number of fused-ring (bicyclic) bond motifs is 1. The normalized spacial score (nSPS) is 15.4. The summed E-state index contributed by atoms with van der Waals surface area (Å²) in [5, 5.41) is 12.5. The number of amides is 1. The number of carboxylic acids is 1. The molecule has 7 heteroatoms. The first-order valence-corrected chi connectivity index (χ1v) is 9.09. The van der Waals surface area contributed by atoms with Crippen molar-refractivity contribution in [3.8, 4) is 17.2 Å². The lowest BCUT2D eigenvalue weighted by Gasteiger charge is -2.27. The molecule has 0 unspecified atom stereocenters. The first kappa shape index (κ1) is 18.6. The van der Waals surface area contributed by atoms with E-state index in [2.05, 4.69) is 5.32 Å². The Labute approximate surface area is 167 Å². The molecule has 1 amide bonds. The lowest BCUT2D eigenvalue weighted by Crippen LogP contribution is -2.25. The third kappa shape index (κ3) is 3.20. The lowest BCUT2D eigenvalue weighted by molar-refractivity contribution is -0.116. The molecular formula is C22H20N2O5. The second kappa shape index (κ2) is 7.35. The molecule has 0 bridgehead atoms. The predicted octanol–water partition coefficient (Wildman–Crippen LogP) is 3.67. The highest BCUT2D eigenvalue weighted by atomic mass is 16.5. The van der Waals surface area contributed by atoms with Crippen LogP contribution in [0.4, 0.5) is 5.69 Å². The first-order chi connectivity index (χ1) is 14.0. The second-order valence-electron chi connectivity index (χ2n) is 6.72. The molecule has 2 aromatic carbocycles. The van der Waals surface area contributed by atoms with Crippen LogP contribution in [0.25, 0.3) is 5.69 Å². The Balaban J connectivity index is 1.96. The third-order valence-corrected chi connectivity index (χ3v) is 5.12. The van der Waals surface area contributed by atoms with Gasteiger partial charge in [0.25, 0.3) is 0 Å². The van der Waals surface area contributed by atoms with E-state index in [0.717, 1.165) is 11.3 Å². The van der Waals surface area contributed by atoms with Crippen LogP contribution in [0.2, 0.25) is 0 Å². The van der Waals surface area contributed by atoms with E-state index in [-0.39, 0.29) is 23.8 Å². The molecule has 2 heterocycles. The summed E-state index contributed by atoms with van der Waals surface area (Å²) < 4.78 is 12.5. The zero-order valence-corrected chi connectivity index (χ0v) is 16.0. The fraction of sp³-hybridized carbons (Fsp3) is 0.182. The molecule has 0 radical (unpaired) electrons. The van der Waals surface area contributed by atoms with Gasteiger partial charge in [0.2, 0.25) is 5.91 Å². The number of nitrogens with one attached hydrogen (secondary N) is 1. The first-order valence-electron chi connectivity index (χ1n) is 9.09. The SMILES string of the molecule is COc1ccc(-n2cc(C(=O)O)c3c2[C@@H](c2ccccc2OC)CC(=O)N3)cc1. The average Bonchev–Trinajstić information content (AvgIpc) is 3.12. The van der Waals surface area contributed by atoms with Gasteiger partial charge in [-0.25, -0.2) is 4.79 Å². The Bertz CT molecular complexity index is 1090. The number of hydrogen-bond acceptors (Lipinski definition) is 4. The van der Waals surface area contributed by atoms with Gasteiger partial charge < -0.3 is 24.5 Å². The summed E-state index contributed by atoms with van der Waals surface area (Å²) in [6.45, 7) is 0. The molecule has 4 rings (SSSR count). The van der Waals surface area contributed by atoms with Crippen molar-refractivity contribution in [3.05, 3.63) is 71.5 Å². The Kier molecular flexibility index (Phi) is 4.72. The molecule has 7 nitrogen and oxygen atoms in total. The number of carbonyl (C=O) groups excluding carboxylic acids is 1. The van der Waals surface area contributed by atoms with E-state index < -0.39 is 5.97 Å². The topological polar surface area (TPSA) is 89.8 Å². The van der Waals surface area contributed by atoms with E-state index in [0.29, 0.717) is 22.9 Å². The standard InChI is InChI=1S/C22H20N2O5/c1-28-14-9-7-13(8-10-14)24-12-17(22(26)27)20-21(24)16(11-19(25)23-20)15-5-3-4-6-18(15)29-2/h3-10,12,16H,11H2,1-2H3,(H,23,25)(H,26,27)/t16-/m1/s1. The van der Waals surface area contributed by atoms with Crippen molar-refractivity contribution < 1.29 is 24.2 Å². The molecular weight excluding hydrogens is 372 g/mol. The smallest absolute Gasteiger partial charge is 0.339 e. The van der Waals surface area contributed by atoms with Crippen LogP contribution in [0.1, 0.15) is 34.0 Å². The molecule has 0 saturated heterocycles. The highest BCUT2D eigenvalue weighted by molar-refractivity contribution is 6.04. The number of rotatable bonds is 5. The molecule has 0 aliphatic carbocycles. The lowest BCUT2D eigenvalue weighted by atomic mass is 9.87. The van der Waals surface area contributed by atoms with Gasteiger partial charge in [-0.2, -0.15) is 0 Å². The van der Waals surface area contributed by atoms with Crippen molar-refractivity contribution in [3.63, 3.8) is 0 Å². The zero-order chi connectivity index (χ0) is 20.5. The number of nitrogens with zero attached hydrogens (tertiary/aromatic N) is 1. The number of aromatic nitrogens is 1. The van der Waals surface area contributed by atoms with E-state index in [1.165, 1.54) is 0 Å². The van der Waals surface area contributed by atoms with E-state index >= 15 is 0 Å². The van der Waals surface area contributed by atoms with Gasteiger partial charge in [0, 0.05) is 29.8 Å². The van der Waals surface area contributed by atoms with Gasteiger partial charge in [-0.15, -0.1) is 0 Å². The summed E-state index contributed by atoms with van der Waals surface area (Å²) >= 11 is 0. The summed E-state index contributed by atoms with van der Waals surface area (Å²) in [5.41, 5.74) is 2.67. The third-order valence-electron chi connectivity index (χ3n) is 5.12. The van der Waals surface area contributed by atoms with Gasteiger partial charge in [-0.3, -0.25) is 4.79 Å². The molecule has 1 aliphatic heterocycles. The predicted molar refractivity (Wildman–Crippen MR) is 107 cm³/mol. The fourth-order valence-electron chi connectivity index (χ4n) is 3.80. The van der Waals surface area contributed by atoms with Crippen LogP contribution in [0.5, 0.6) is 11.5 Å². The van der Waals surface area contributed by atoms with E-state index in [1.807, 2.05) is 53.1 Å². The number of carboxylic acid groups (broad SMARTS) is 1. The average molecular weight is 392 g/mol. The quantitative estimate of drug-likeness (QED) is 0.692. The molecule has 0 saturated carbocycles. The van der Waals surface area contributed by atoms with Gasteiger partial charge >= 0.3 is 5.97 Å². The van der Waals surface area contributed by atoms with Gasteiger partial charge in [0.05, 0.1) is 25.6 Å². The van der Waals surface area contributed by atoms with E-state index in [1.54, 1.807) is 20.4 Å². The van der Waals surface area contributed by atoms with Crippen LogP contribution in [0.15, 0.2) is 54.7 Å². The summed E-state index contributed by atoms with van der Waals surface area (Å²) in [7, 11) is 3.16. The number of ether oxygens (including phenoxy) is 2. The molecule has 1 aromatic heterocycles. The van der Waals surface area contributed by atoms with Crippen molar-refractivity contribution in [2.24, 2.45) is 0 Å². The minimum absolute atomic E-state index is 0.0452. The molecule has 0 fully saturated rings. The van der Waals surface area contributed by atoms with Crippen LogP contribution < -0.4 is 14.8 Å².